The van der Waals surface area contributed by atoms with Crippen molar-refractivity contribution in [3.8, 4) is 0 Å². The van der Waals surface area contributed by atoms with Crippen molar-refractivity contribution >= 4 is 21.7 Å². The third kappa shape index (κ3) is 5.26. The largest absolute Gasteiger partial charge is 0.369 e. The number of nitrogens with one attached hydrogen (secondary N) is 2. The van der Waals surface area contributed by atoms with Crippen molar-refractivity contribution in [1.29, 1.82) is 0 Å². The lowest BCUT2D eigenvalue weighted by atomic mass is 9.86. The van der Waals surface area contributed by atoms with Gasteiger partial charge in [-0.2, -0.15) is 4.31 Å². The Labute approximate surface area is 200 Å². The molecule has 4 N–H and O–H groups in total. The number of nitrogens with two attached hydrogens (primary N) is 1. The minimum atomic E-state index is -3.73. The number of carbonyl (C=O) groups excluding carboxylic acids is 1. The van der Waals surface area contributed by atoms with E-state index >= 15 is 0 Å². The number of amides is 1. The minimum Gasteiger partial charge on any atom is -0.369 e. The van der Waals surface area contributed by atoms with Crippen LogP contribution in [0.5, 0.6) is 0 Å². The Hall–Kier alpha value is -2.50. The lowest BCUT2D eigenvalue weighted by molar-refractivity contribution is 0.0846. The van der Waals surface area contributed by atoms with E-state index in [2.05, 4.69) is 20.8 Å². The van der Waals surface area contributed by atoms with Crippen LogP contribution >= 0.6 is 0 Å². The Morgan fingerprint density at radius 2 is 2.06 bits per heavy atom. The number of hydrogen-bond acceptors (Lipinski definition) is 8. The summed E-state index contributed by atoms with van der Waals surface area (Å²) in [6, 6.07) is 4.58. The van der Waals surface area contributed by atoms with Gasteiger partial charge in [0.15, 0.2) is 5.69 Å². The van der Waals surface area contributed by atoms with E-state index in [0.29, 0.717) is 44.2 Å². The van der Waals surface area contributed by atoms with Gasteiger partial charge in [-0.15, -0.1) is 0 Å². The molecular formula is C23H34N6O4S. The van der Waals surface area contributed by atoms with Crippen LogP contribution in [0.3, 0.4) is 0 Å². The molecule has 2 fully saturated rings. The van der Waals surface area contributed by atoms with Crippen LogP contribution in [0.1, 0.15) is 68.1 Å². The standard InChI is InChI=1S/C23H34N6O4S/c1-3-15-14-29(34(31,32)18-7-8-22(26-13-18)25-10-9-24)17(4-2)11-19(15)27-23(30)20-12-21(33-28-20)16-5-6-16/h7-8,12-13,15-17,19H,3-6,9-11,14,24H2,1-2H3,(H,25,26)(H,27,30). The molecule has 186 valence electrons. The number of hydrogen-bond donors (Lipinski definition) is 3. The number of rotatable bonds is 10. The Morgan fingerprint density at radius 1 is 1.26 bits per heavy atom. The normalized spacial score (nSPS) is 23.6. The van der Waals surface area contributed by atoms with Crippen LogP contribution in [0.15, 0.2) is 33.8 Å². The van der Waals surface area contributed by atoms with E-state index in [1.165, 1.54) is 6.20 Å². The van der Waals surface area contributed by atoms with E-state index in [1.807, 2.05) is 13.8 Å². The van der Waals surface area contributed by atoms with Crippen molar-refractivity contribution in [1.82, 2.24) is 19.8 Å². The molecule has 10 nitrogen and oxygen atoms in total. The molecule has 11 heteroatoms. The SMILES string of the molecule is CCC1CN(S(=O)(=O)c2ccc(NCCN)nc2)C(CC)CC1NC(=O)c1cc(C2CC2)on1. The van der Waals surface area contributed by atoms with Gasteiger partial charge in [0, 0.05) is 49.9 Å². The maximum atomic E-state index is 13.5. The van der Waals surface area contributed by atoms with Crippen LogP contribution in [0.4, 0.5) is 5.82 Å². The highest BCUT2D eigenvalue weighted by molar-refractivity contribution is 7.89. The summed E-state index contributed by atoms with van der Waals surface area (Å²) in [4.78, 5) is 17.2. The topological polar surface area (TPSA) is 143 Å². The smallest absolute Gasteiger partial charge is 0.273 e. The summed E-state index contributed by atoms with van der Waals surface area (Å²) in [6.45, 7) is 5.34. The van der Waals surface area contributed by atoms with Gasteiger partial charge < -0.3 is 20.9 Å². The van der Waals surface area contributed by atoms with Crippen molar-refractivity contribution in [2.45, 2.75) is 68.8 Å². The summed E-state index contributed by atoms with van der Waals surface area (Å²) in [5, 5.41) is 10.1. The number of pyridine rings is 1. The second kappa shape index (κ2) is 10.4. The zero-order valence-electron chi connectivity index (χ0n) is 19.7. The first-order chi connectivity index (χ1) is 16.4. The summed E-state index contributed by atoms with van der Waals surface area (Å²) < 4.78 is 33.9. The molecule has 1 aliphatic carbocycles. The van der Waals surface area contributed by atoms with Gasteiger partial charge in [-0.05, 0) is 43.7 Å². The van der Waals surface area contributed by atoms with Crippen molar-refractivity contribution in [3.63, 3.8) is 0 Å². The van der Waals surface area contributed by atoms with Gasteiger partial charge in [0.25, 0.3) is 5.91 Å². The highest BCUT2D eigenvalue weighted by Crippen LogP contribution is 2.40. The summed E-state index contributed by atoms with van der Waals surface area (Å²) in [6.07, 6.45) is 5.44. The van der Waals surface area contributed by atoms with Crippen LogP contribution < -0.4 is 16.4 Å². The lowest BCUT2D eigenvalue weighted by Gasteiger charge is -2.43. The number of piperidine rings is 1. The van der Waals surface area contributed by atoms with E-state index in [0.717, 1.165) is 25.0 Å². The first-order valence-electron chi connectivity index (χ1n) is 12.1. The van der Waals surface area contributed by atoms with Crippen LogP contribution in [-0.4, -0.2) is 60.5 Å². The molecular weight excluding hydrogens is 456 g/mol. The van der Waals surface area contributed by atoms with E-state index in [9.17, 15) is 13.2 Å². The molecule has 3 heterocycles. The molecule has 1 aliphatic heterocycles. The van der Waals surface area contributed by atoms with Crippen molar-refractivity contribution < 1.29 is 17.7 Å². The van der Waals surface area contributed by atoms with E-state index in [4.69, 9.17) is 10.3 Å². The molecule has 3 unspecified atom stereocenters. The lowest BCUT2D eigenvalue weighted by Crippen LogP contribution is -2.56. The maximum absolute atomic E-state index is 13.5. The molecule has 0 radical (unpaired) electrons. The number of aromatic nitrogens is 2. The van der Waals surface area contributed by atoms with E-state index in [1.54, 1.807) is 22.5 Å². The Bertz CT molecular complexity index is 1080. The molecule has 3 atom stereocenters. The first kappa shape index (κ1) is 24.6. The molecule has 0 aromatic carbocycles. The monoisotopic (exact) mass is 490 g/mol. The molecule has 2 aromatic heterocycles. The minimum absolute atomic E-state index is 0.0187. The fourth-order valence-corrected chi connectivity index (χ4v) is 6.25. The number of carbonyl (C=O) groups is 1. The quantitative estimate of drug-likeness (QED) is 0.460. The molecule has 34 heavy (non-hydrogen) atoms. The molecule has 0 spiro atoms. The fourth-order valence-electron chi connectivity index (χ4n) is 4.54. The highest BCUT2D eigenvalue weighted by atomic mass is 32.2. The molecule has 2 aliphatic rings. The van der Waals surface area contributed by atoms with Crippen LogP contribution in [0.2, 0.25) is 0 Å². The molecule has 2 aromatic rings. The van der Waals surface area contributed by atoms with Crippen LogP contribution in [0.25, 0.3) is 0 Å². The number of nitrogens with zero attached hydrogens (tertiary/aromatic N) is 3. The summed E-state index contributed by atoms with van der Waals surface area (Å²) in [5.41, 5.74) is 5.78. The predicted molar refractivity (Wildman–Crippen MR) is 128 cm³/mol. The molecule has 0 bridgehead atoms. The summed E-state index contributed by atoms with van der Waals surface area (Å²) >= 11 is 0. The van der Waals surface area contributed by atoms with Gasteiger partial charge in [0.2, 0.25) is 10.0 Å². The Kier molecular flexibility index (Phi) is 7.54. The van der Waals surface area contributed by atoms with Gasteiger partial charge in [-0.25, -0.2) is 13.4 Å². The van der Waals surface area contributed by atoms with Gasteiger partial charge >= 0.3 is 0 Å². The third-order valence-corrected chi connectivity index (χ3v) is 8.66. The van der Waals surface area contributed by atoms with Crippen LogP contribution in [-0.2, 0) is 10.0 Å². The van der Waals surface area contributed by atoms with Crippen molar-refractivity contribution in [2.75, 3.05) is 25.0 Å². The number of anilines is 1. The van der Waals surface area contributed by atoms with Gasteiger partial charge in [0.05, 0.1) is 0 Å². The first-order valence-corrected chi connectivity index (χ1v) is 13.5. The predicted octanol–water partition coefficient (Wildman–Crippen LogP) is 2.32. The maximum Gasteiger partial charge on any atom is 0.273 e. The molecule has 1 saturated carbocycles. The summed E-state index contributed by atoms with van der Waals surface area (Å²) in [7, 11) is -3.73. The van der Waals surface area contributed by atoms with Gasteiger partial charge in [-0.3, -0.25) is 4.79 Å². The zero-order chi connectivity index (χ0) is 24.3. The average Bonchev–Trinajstić information content (AvgIpc) is 3.58. The molecule has 4 rings (SSSR count). The Balaban J connectivity index is 1.47. The summed E-state index contributed by atoms with van der Waals surface area (Å²) in [5.74, 6) is 1.45. The molecule has 1 amide bonds. The highest BCUT2D eigenvalue weighted by Gasteiger charge is 2.41. The second-order valence-corrected chi connectivity index (χ2v) is 11.0. The average molecular weight is 491 g/mol. The van der Waals surface area contributed by atoms with Crippen molar-refractivity contribution in [3.05, 3.63) is 35.9 Å². The van der Waals surface area contributed by atoms with Gasteiger partial charge in [0.1, 0.15) is 16.5 Å². The Morgan fingerprint density at radius 3 is 2.68 bits per heavy atom. The number of sulfonamides is 1. The third-order valence-electron chi connectivity index (χ3n) is 6.76. The van der Waals surface area contributed by atoms with Gasteiger partial charge in [-0.1, -0.05) is 25.4 Å². The zero-order valence-corrected chi connectivity index (χ0v) is 20.6. The fraction of sp³-hybridized carbons (Fsp3) is 0.609. The van der Waals surface area contributed by atoms with E-state index < -0.39 is 10.0 Å². The van der Waals surface area contributed by atoms with E-state index in [-0.39, 0.29) is 34.5 Å². The molecule has 1 saturated heterocycles. The second-order valence-electron chi connectivity index (χ2n) is 9.10. The van der Waals surface area contributed by atoms with Crippen LogP contribution in [0, 0.1) is 5.92 Å². The van der Waals surface area contributed by atoms with Crippen molar-refractivity contribution in [2.24, 2.45) is 11.7 Å².